The fraction of sp³-hybridized carbons (Fsp3) is 0.375. The molecule has 0 radical (unpaired) electrons. The summed E-state index contributed by atoms with van der Waals surface area (Å²) >= 11 is 0. The number of H-pyrrole nitrogens is 1. The quantitative estimate of drug-likeness (QED) is 0.722. The zero-order chi connectivity index (χ0) is 16.7. The van der Waals surface area contributed by atoms with Crippen LogP contribution in [0.1, 0.15) is 39.8 Å². The van der Waals surface area contributed by atoms with Gasteiger partial charge in [0.15, 0.2) is 15.5 Å². The van der Waals surface area contributed by atoms with Crippen LogP contribution in [0.25, 0.3) is 0 Å². The Morgan fingerprint density at radius 1 is 1.28 bits per heavy atom. The molecule has 9 heteroatoms. The van der Waals surface area contributed by atoms with E-state index in [1.54, 1.807) is 24.3 Å². The second-order valence-electron chi connectivity index (χ2n) is 6.13. The normalized spacial score (nSPS) is 20.7. The fourth-order valence-corrected chi connectivity index (χ4v) is 5.00. The molecule has 1 aromatic heterocycles. The molecular formula is C16H19ClN4O3S. The molecule has 4 rings (SSSR count). The van der Waals surface area contributed by atoms with Gasteiger partial charge in [0.2, 0.25) is 0 Å². The van der Waals surface area contributed by atoms with Gasteiger partial charge in [-0.25, -0.2) is 8.42 Å². The molecule has 2 aromatic rings. The third-order valence-electron chi connectivity index (χ3n) is 4.63. The lowest BCUT2D eigenvalue weighted by Crippen LogP contribution is -2.35. The van der Waals surface area contributed by atoms with Gasteiger partial charge in [0.25, 0.3) is 5.91 Å². The van der Waals surface area contributed by atoms with Gasteiger partial charge in [-0.2, -0.15) is 5.10 Å². The third-order valence-corrected chi connectivity index (χ3v) is 6.45. The van der Waals surface area contributed by atoms with Crippen molar-refractivity contribution in [1.82, 2.24) is 20.8 Å². The first-order valence-corrected chi connectivity index (χ1v) is 9.61. The molecular weight excluding hydrogens is 364 g/mol. The molecule has 1 unspecified atom stereocenters. The van der Waals surface area contributed by atoms with E-state index >= 15 is 0 Å². The maximum Gasteiger partial charge on any atom is 0.272 e. The zero-order valence-corrected chi connectivity index (χ0v) is 15.0. The Labute approximate surface area is 151 Å². The molecule has 0 spiro atoms. The molecule has 1 amide bonds. The highest BCUT2D eigenvalue weighted by molar-refractivity contribution is 7.91. The van der Waals surface area contributed by atoms with E-state index in [1.807, 2.05) is 0 Å². The number of carbonyl (C=O) groups excluding carboxylic acids is 1. The summed E-state index contributed by atoms with van der Waals surface area (Å²) in [5.41, 5.74) is 2.93. The summed E-state index contributed by atoms with van der Waals surface area (Å²) in [6.45, 7) is 1.48. The number of nitrogens with zero attached hydrogens (tertiary/aromatic N) is 1. The maximum absolute atomic E-state index is 12.6. The standard InChI is InChI=1S/C16H18N4O3S.ClH/c21-16(15-11-9-17-7-5-13(11)19-20-15)18-12-6-8-24(22,23)14-4-2-1-3-10(12)14;/h1-4,12,17H,5-9H2,(H,18,21)(H,19,20);1H. The van der Waals surface area contributed by atoms with Crippen LogP contribution in [0.2, 0.25) is 0 Å². The summed E-state index contributed by atoms with van der Waals surface area (Å²) in [6.07, 6.45) is 1.19. The molecule has 3 heterocycles. The molecule has 0 bridgehead atoms. The topological polar surface area (TPSA) is 104 Å². The van der Waals surface area contributed by atoms with Crippen molar-refractivity contribution in [3.8, 4) is 0 Å². The summed E-state index contributed by atoms with van der Waals surface area (Å²) in [7, 11) is -3.26. The molecule has 2 aliphatic heterocycles. The molecule has 134 valence electrons. The first kappa shape index (κ1) is 17.9. The van der Waals surface area contributed by atoms with Crippen molar-refractivity contribution in [2.45, 2.75) is 30.3 Å². The SMILES string of the molecule is Cl.O=C(NC1CCS(=O)(=O)c2ccccc21)c1n[nH]c2c1CNCC2. The van der Waals surface area contributed by atoms with E-state index in [4.69, 9.17) is 0 Å². The minimum absolute atomic E-state index is 0. The average Bonchev–Trinajstić information content (AvgIpc) is 3.02. The Bertz CT molecular complexity index is 910. The van der Waals surface area contributed by atoms with E-state index in [1.165, 1.54) is 0 Å². The Hall–Kier alpha value is -1.90. The number of rotatable bonds is 2. The summed E-state index contributed by atoms with van der Waals surface area (Å²) in [5.74, 6) is -0.231. The van der Waals surface area contributed by atoms with Crippen LogP contribution in [0, 0.1) is 0 Å². The van der Waals surface area contributed by atoms with E-state index in [9.17, 15) is 13.2 Å². The molecule has 1 aromatic carbocycles. The number of aromatic nitrogens is 2. The highest BCUT2D eigenvalue weighted by atomic mass is 35.5. The van der Waals surface area contributed by atoms with Crippen LogP contribution in [0.5, 0.6) is 0 Å². The minimum atomic E-state index is -3.26. The van der Waals surface area contributed by atoms with Gasteiger partial charge >= 0.3 is 0 Å². The van der Waals surface area contributed by atoms with E-state index in [2.05, 4.69) is 20.8 Å². The number of fused-ring (bicyclic) bond motifs is 2. The fourth-order valence-electron chi connectivity index (χ4n) is 3.38. The molecule has 25 heavy (non-hydrogen) atoms. The van der Waals surface area contributed by atoms with Crippen molar-refractivity contribution in [1.29, 1.82) is 0 Å². The van der Waals surface area contributed by atoms with Gasteiger partial charge in [0.05, 0.1) is 16.7 Å². The number of hydrogen-bond acceptors (Lipinski definition) is 5. The van der Waals surface area contributed by atoms with Gasteiger partial charge in [-0.1, -0.05) is 18.2 Å². The van der Waals surface area contributed by atoms with Crippen LogP contribution in [-0.4, -0.2) is 36.8 Å². The first-order chi connectivity index (χ1) is 11.6. The molecule has 3 N–H and O–H groups in total. The molecule has 0 fully saturated rings. The van der Waals surface area contributed by atoms with E-state index < -0.39 is 9.84 Å². The van der Waals surface area contributed by atoms with Crippen molar-refractivity contribution >= 4 is 28.2 Å². The van der Waals surface area contributed by atoms with Crippen molar-refractivity contribution < 1.29 is 13.2 Å². The molecule has 7 nitrogen and oxygen atoms in total. The average molecular weight is 383 g/mol. The summed E-state index contributed by atoms with van der Waals surface area (Å²) in [5, 5.41) is 13.3. The van der Waals surface area contributed by atoms with Crippen LogP contribution in [0.3, 0.4) is 0 Å². The number of carbonyl (C=O) groups is 1. The Kier molecular flexibility index (Phi) is 4.86. The van der Waals surface area contributed by atoms with Crippen molar-refractivity contribution in [2.24, 2.45) is 0 Å². The monoisotopic (exact) mass is 382 g/mol. The van der Waals surface area contributed by atoms with Crippen LogP contribution >= 0.6 is 12.4 Å². The number of amides is 1. The predicted molar refractivity (Wildman–Crippen MR) is 94.6 cm³/mol. The van der Waals surface area contributed by atoms with E-state index in [0.29, 0.717) is 29.1 Å². The molecule has 0 aliphatic carbocycles. The molecule has 0 saturated carbocycles. The molecule has 0 saturated heterocycles. The van der Waals surface area contributed by atoms with Crippen LogP contribution in [0.15, 0.2) is 29.2 Å². The number of aromatic amines is 1. The van der Waals surface area contributed by atoms with Gasteiger partial charge in [0.1, 0.15) is 0 Å². The van der Waals surface area contributed by atoms with Gasteiger partial charge in [-0.3, -0.25) is 9.89 Å². The van der Waals surface area contributed by atoms with Gasteiger partial charge in [-0.05, 0) is 18.1 Å². The lowest BCUT2D eigenvalue weighted by molar-refractivity contribution is 0.0928. The predicted octanol–water partition coefficient (Wildman–Crippen LogP) is 1.13. The number of halogens is 1. The number of hydrogen-bond donors (Lipinski definition) is 3. The van der Waals surface area contributed by atoms with Crippen LogP contribution < -0.4 is 10.6 Å². The Morgan fingerprint density at radius 3 is 2.92 bits per heavy atom. The zero-order valence-electron chi connectivity index (χ0n) is 13.4. The largest absolute Gasteiger partial charge is 0.344 e. The highest BCUT2D eigenvalue weighted by Crippen LogP contribution is 2.32. The minimum Gasteiger partial charge on any atom is -0.344 e. The number of benzene rings is 1. The Balaban J connectivity index is 0.00000182. The summed E-state index contributed by atoms with van der Waals surface area (Å²) in [6, 6.07) is 6.54. The van der Waals surface area contributed by atoms with Gasteiger partial charge in [0, 0.05) is 30.8 Å². The second-order valence-corrected chi connectivity index (χ2v) is 8.21. The molecule has 2 aliphatic rings. The van der Waals surface area contributed by atoms with Gasteiger partial charge in [-0.15, -0.1) is 12.4 Å². The van der Waals surface area contributed by atoms with Crippen molar-refractivity contribution in [2.75, 3.05) is 12.3 Å². The molecule has 1 atom stereocenters. The van der Waals surface area contributed by atoms with Gasteiger partial charge < -0.3 is 10.6 Å². The van der Waals surface area contributed by atoms with Crippen LogP contribution in [0.4, 0.5) is 0 Å². The van der Waals surface area contributed by atoms with Crippen molar-refractivity contribution in [3.05, 3.63) is 46.8 Å². The summed E-state index contributed by atoms with van der Waals surface area (Å²) in [4.78, 5) is 13.0. The first-order valence-electron chi connectivity index (χ1n) is 7.95. The number of nitrogens with one attached hydrogen (secondary N) is 3. The number of sulfone groups is 1. The van der Waals surface area contributed by atoms with Crippen molar-refractivity contribution in [3.63, 3.8) is 0 Å². The van der Waals surface area contributed by atoms with E-state index in [0.717, 1.165) is 24.2 Å². The third kappa shape index (κ3) is 3.17. The van der Waals surface area contributed by atoms with Crippen LogP contribution in [-0.2, 0) is 22.8 Å². The summed E-state index contributed by atoms with van der Waals surface area (Å²) < 4.78 is 24.4. The smallest absolute Gasteiger partial charge is 0.272 e. The second kappa shape index (κ2) is 6.78. The Morgan fingerprint density at radius 2 is 2.08 bits per heavy atom. The lowest BCUT2D eigenvalue weighted by Gasteiger charge is -2.26. The maximum atomic E-state index is 12.6. The van der Waals surface area contributed by atoms with E-state index in [-0.39, 0.29) is 30.1 Å². The highest BCUT2D eigenvalue weighted by Gasteiger charge is 2.32. The lowest BCUT2D eigenvalue weighted by atomic mass is 10.0.